The van der Waals surface area contributed by atoms with Crippen LogP contribution < -0.4 is 0 Å². The Bertz CT molecular complexity index is 294. The molecule has 1 radical (unpaired) electrons. The van der Waals surface area contributed by atoms with Crippen molar-refractivity contribution in [3.05, 3.63) is 6.42 Å². The average Bonchev–Trinajstić information content (AvgIpc) is 2.76. The van der Waals surface area contributed by atoms with Gasteiger partial charge in [0.25, 0.3) is 0 Å². The van der Waals surface area contributed by atoms with Gasteiger partial charge in [0.1, 0.15) is 0 Å². The highest BCUT2D eigenvalue weighted by Gasteiger charge is 2.16. The molecule has 0 aliphatic rings. The molecule has 0 bridgehead atoms. The highest BCUT2D eigenvalue weighted by atomic mass is 14.2. The Balaban J connectivity index is 4.37. The smallest absolute Gasteiger partial charge is 0.0324 e. The van der Waals surface area contributed by atoms with Crippen molar-refractivity contribution in [2.45, 2.75) is 175 Å². The lowest BCUT2D eigenvalue weighted by Crippen LogP contribution is -2.11. The van der Waals surface area contributed by atoms with Crippen LogP contribution in [0.25, 0.3) is 0 Å². The summed E-state index contributed by atoms with van der Waals surface area (Å²) in [5, 5.41) is 0. The van der Waals surface area contributed by atoms with E-state index in [2.05, 4.69) is 34.1 Å². The van der Waals surface area contributed by atoms with Gasteiger partial charge >= 0.3 is 0 Å². The first-order chi connectivity index (χ1) is 14.8. The second-order valence-electron chi connectivity index (χ2n) is 10.2. The highest BCUT2D eigenvalue weighted by molar-refractivity contribution is 4.84. The molecule has 0 aromatic heterocycles. The van der Waals surface area contributed by atoms with Crippen LogP contribution in [0, 0.1) is 18.3 Å². The van der Waals surface area contributed by atoms with E-state index in [1.807, 2.05) is 0 Å². The summed E-state index contributed by atoms with van der Waals surface area (Å²) in [6, 6.07) is 0. The second-order valence-corrected chi connectivity index (χ2v) is 10.2. The molecule has 0 spiro atoms. The fraction of sp³-hybridized carbons (Fsp3) is 0.967. The van der Waals surface area contributed by atoms with Crippen LogP contribution in [-0.2, 0) is 0 Å². The number of rotatable bonds is 25. The molecule has 0 saturated carbocycles. The summed E-state index contributed by atoms with van der Waals surface area (Å²) >= 11 is 0. The Morgan fingerprint density at radius 2 is 0.600 bits per heavy atom. The minimum atomic E-state index is 0.900. The standard InChI is InChI=1S/C30H61/c1-5-9-13-16-19-22-25-29(24-12-8-4)28-30(26-21-18-15-11-7-3)27-23-20-17-14-10-6-2/h28-30H,5-27H2,1-4H3. The van der Waals surface area contributed by atoms with Crippen molar-refractivity contribution in [3.63, 3.8) is 0 Å². The van der Waals surface area contributed by atoms with Crippen LogP contribution >= 0.6 is 0 Å². The molecule has 0 saturated heterocycles. The van der Waals surface area contributed by atoms with Gasteiger partial charge in [-0.25, -0.2) is 0 Å². The van der Waals surface area contributed by atoms with Crippen molar-refractivity contribution in [2.24, 2.45) is 11.8 Å². The maximum atomic E-state index is 2.87. The molecule has 0 aromatic rings. The number of hydrogen-bond acceptors (Lipinski definition) is 0. The first kappa shape index (κ1) is 30.0. The van der Waals surface area contributed by atoms with E-state index in [1.54, 1.807) is 0 Å². The lowest BCUT2D eigenvalue weighted by Gasteiger charge is -2.24. The fourth-order valence-electron chi connectivity index (χ4n) is 4.91. The quantitative estimate of drug-likeness (QED) is 0.128. The number of hydrogen-bond donors (Lipinski definition) is 0. The van der Waals surface area contributed by atoms with Crippen LogP contribution in [0.1, 0.15) is 175 Å². The zero-order valence-electron chi connectivity index (χ0n) is 22.0. The van der Waals surface area contributed by atoms with E-state index in [1.165, 1.54) is 148 Å². The van der Waals surface area contributed by atoms with Gasteiger partial charge in [0.15, 0.2) is 0 Å². The van der Waals surface area contributed by atoms with Gasteiger partial charge in [-0.3, -0.25) is 0 Å². The van der Waals surface area contributed by atoms with E-state index in [9.17, 15) is 0 Å². The molecular weight excluding hydrogens is 360 g/mol. The third-order valence-corrected chi connectivity index (χ3v) is 7.01. The summed E-state index contributed by atoms with van der Waals surface area (Å²) < 4.78 is 0. The van der Waals surface area contributed by atoms with Gasteiger partial charge in [0.2, 0.25) is 0 Å². The predicted molar refractivity (Wildman–Crippen MR) is 140 cm³/mol. The van der Waals surface area contributed by atoms with Gasteiger partial charge in [-0.2, -0.15) is 0 Å². The van der Waals surface area contributed by atoms with Crippen molar-refractivity contribution in [2.75, 3.05) is 0 Å². The van der Waals surface area contributed by atoms with Crippen molar-refractivity contribution >= 4 is 0 Å². The summed E-state index contributed by atoms with van der Waals surface area (Å²) in [5.41, 5.74) is 0. The molecule has 0 rings (SSSR count). The van der Waals surface area contributed by atoms with Crippen LogP contribution in [0.15, 0.2) is 0 Å². The van der Waals surface area contributed by atoms with Gasteiger partial charge < -0.3 is 0 Å². The summed E-state index contributed by atoms with van der Waals surface area (Å²) in [7, 11) is 0. The maximum Gasteiger partial charge on any atom is -0.0324 e. The third kappa shape index (κ3) is 21.2. The zero-order chi connectivity index (χ0) is 22.1. The molecule has 0 amide bonds. The minimum Gasteiger partial charge on any atom is -0.0654 e. The van der Waals surface area contributed by atoms with Crippen LogP contribution in [-0.4, -0.2) is 0 Å². The molecule has 0 nitrogen and oxygen atoms in total. The van der Waals surface area contributed by atoms with E-state index in [4.69, 9.17) is 0 Å². The van der Waals surface area contributed by atoms with Crippen molar-refractivity contribution < 1.29 is 0 Å². The van der Waals surface area contributed by atoms with E-state index in [-0.39, 0.29) is 0 Å². The van der Waals surface area contributed by atoms with Gasteiger partial charge in [-0.15, -0.1) is 0 Å². The lowest BCUT2D eigenvalue weighted by molar-refractivity contribution is 0.367. The van der Waals surface area contributed by atoms with Gasteiger partial charge in [0, 0.05) is 0 Å². The van der Waals surface area contributed by atoms with Crippen molar-refractivity contribution in [1.82, 2.24) is 0 Å². The Morgan fingerprint density at radius 1 is 0.333 bits per heavy atom. The van der Waals surface area contributed by atoms with Crippen LogP contribution in [0.4, 0.5) is 0 Å². The Kier molecular flexibility index (Phi) is 25.3. The molecule has 2 atom stereocenters. The van der Waals surface area contributed by atoms with Crippen LogP contribution in [0.5, 0.6) is 0 Å². The van der Waals surface area contributed by atoms with E-state index in [0.29, 0.717) is 0 Å². The number of unbranched alkanes of at least 4 members (excludes halogenated alkanes) is 15. The van der Waals surface area contributed by atoms with Crippen LogP contribution in [0.2, 0.25) is 0 Å². The highest BCUT2D eigenvalue weighted by Crippen LogP contribution is 2.30. The van der Waals surface area contributed by atoms with Gasteiger partial charge in [0.05, 0.1) is 0 Å². The van der Waals surface area contributed by atoms with Crippen molar-refractivity contribution in [3.8, 4) is 0 Å². The first-order valence-corrected chi connectivity index (χ1v) is 14.6. The summed E-state index contributed by atoms with van der Waals surface area (Å²) in [6.07, 6.45) is 36.0. The second kappa shape index (κ2) is 25.3. The van der Waals surface area contributed by atoms with Gasteiger partial charge in [-0.05, 0) is 18.3 Å². The predicted octanol–water partition coefficient (Wildman–Crippen LogP) is 11.5. The third-order valence-electron chi connectivity index (χ3n) is 7.01. The molecule has 0 N–H and O–H groups in total. The average molecular weight is 422 g/mol. The molecule has 30 heavy (non-hydrogen) atoms. The molecule has 0 heteroatoms. The molecule has 0 aromatic carbocycles. The van der Waals surface area contributed by atoms with E-state index in [0.717, 1.165) is 11.8 Å². The molecular formula is C30H61. The summed E-state index contributed by atoms with van der Waals surface area (Å²) in [6.45, 7) is 9.34. The normalized spacial score (nSPS) is 13.6. The molecule has 2 unspecified atom stereocenters. The summed E-state index contributed by atoms with van der Waals surface area (Å²) in [4.78, 5) is 0. The molecule has 0 heterocycles. The SMILES string of the molecule is CCCCCCCCC([CH]C(CCCCCCC)CCCCCCCC)CCCC. The van der Waals surface area contributed by atoms with E-state index < -0.39 is 0 Å². The first-order valence-electron chi connectivity index (χ1n) is 14.6. The summed E-state index contributed by atoms with van der Waals surface area (Å²) in [5.74, 6) is 1.80. The van der Waals surface area contributed by atoms with E-state index >= 15 is 0 Å². The monoisotopic (exact) mass is 421 g/mol. The largest absolute Gasteiger partial charge is 0.0654 e. The van der Waals surface area contributed by atoms with Crippen LogP contribution in [0.3, 0.4) is 0 Å². The Morgan fingerprint density at radius 3 is 0.933 bits per heavy atom. The minimum absolute atomic E-state index is 0.900. The maximum absolute atomic E-state index is 2.87. The van der Waals surface area contributed by atoms with Crippen molar-refractivity contribution in [1.29, 1.82) is 0 Å². The molecule has 181 valence electrons. The fourth-order valence-corrected chi connectivity index (χ4v) is 4.91. The topological polar surface area (TPSA) is 0 Å². The molecule has 0 fully saturated rings. The molecule has 0 aliphatic carbocycles. The zero-order valence-corrected chi connectivity index (χ0v) is 22.0. The lowest BCUT2D eigenvalue weighted by atomic mass is 9.82. The van der Waals surface area contributed by atoms with Gasteiger partial charge in [-0.1, -0.05) is 175 Å². The Hall–Kier alpha value is 0. The molecule has 0 aliphatic heterocycles. The Labute approximate surface area is 193 Å².